The Hall–Kier alpha value is -2.35. The molecule has 1 aromatic rings. The zero-order chi connectivity index (χ0) is 18.8. The summed E-state index contributed by atoms with van der Waals surface area (Å²) in [4.78, 5) is 35.6. The van der Waals surface area contributed by atoms with Crippen LogP contribution in [0.1, 0.15) is 48.6 Å². The zero-order valence-electron chi connectivity index (χ0n) is 14.1. The summed E-state index contributed by atoms with van der Waals surface area (Å²) in [5.74, 6) is -4.19. The summed E-state index contributed by atoms with van der Waals surface area (Å²) in [5, 5.41) is 11.0. The normalized spacial score (nSPS) is 22.3. The van der Waals surface area contributed by atoms with E-state index in [1.54, 1.807) is 4.90 Å². The second-order valence-electron chi connectivity index (χ2n) is 6.84. The Labute approximate surface area is 149 Å². The molecule has 1 atom stereocenters. The van der Waals surface area contributed by atoms with Gasteiger partial charge in [-0.3, -0.25) is 24.6 Å². The monoisotopic (exact) mass is 366 g/mol. The fourth-order valence-electron chi connectivity index (χ4n) is 3.74. The number of piperidine rings is 2. The van der Waals surface area contributed by atoms with Gasteiger partial charge >= 0.3 is 5.97 Å². The van der Waals surface area contributed by atoms with Crippen molar-refractivity contribution < 1.29 is 28.3 Å². The van der Waals surface area contributed by atoms with Crippen LogP contribution in [-0.4, -0.2) is 47.4 Å². The predicted molar refractivity (Wildman–Crippen MR) is 87.5 cm³/mol. The van der Waals surface area contributed by atoms with Crippen LogP contribution in [0.5, 0.6) is 0 Å². The number of aliphatic carboxylic acids is 1. The molecule has 26 heavy (non-hydrogen) atoms. The molecule has 6 nitrogen and oxygen atoms in total. The molecule has 2 fully saturated rings. The zero-order valence-corrected chi connectivity index (χ0v) is 14.1. The highest BCUT2D eigenvalue weighted by Gasteiger charge is 2.32. The van der Waals surface area contributed by atoms with Gasteiger partial charge in [-0.05, 0) is 56.0 Å². The van der Waals surface area contributed by atoms with Crippen molar-refractivity contribution in [3.8, 4) is 0 Å². The van der Waals surface area contributed by atoms with Gasteiger partial charge in [0.15, 0.2) is 0 Å². The first-order chi connectivity index (χ1) is 12.3. The molecule has 140 valence electrons. The molecule has 2 heterocycles. The van der Waals surface area contributed by atoms with E-state index >= 15 is 0 Å². The molecule has 3 rings (SSSR count). The molecule has 2 saturated heterocycles. The molecule has 2 aliphatic heterocycles. The third-order valence-corrected chi connectivity index (χ3v) is 5.12. The van der Waals surface area contributed by atoms with Crippen LogP contribution in [0.3, 0.4) is 0 Å². The van der Waals surface area contributed by atoms with Gasteiger partial charge in [0.2, 0.25) is 11.8 Å². The maximum Gasteiger partial charge on any atom is 0.317 e. The minimum Gasteiger partial charge on any atom is -0.480 e. The lowest BCUT2D eigenvalue weighted by atomic mass is 9.85. The molecule has 0 aliphatic carbocycles. The Morgan fingerprint density at radius 1 is 1.12 bits per heavy atom. The van der Waals surface area contributed by atoms with E-state index < -0.39 is 35.3 Å². The number of carboxylic acid groups (broad SMARTS) is 1. The number of amides is 2. The largest absolute Gasteiger partial charge is 0.480 e. The quantitative estimate of drug-likeness (QED) is 0.793. The number of hydrogen-bond acceptors (Lipinski definition) is 4. The highest BCUT2D eigenvalue weighted by atomic mass is 19.1. The van der Waals surface area contributed by atoms with Crippen molar-refractivity contribution in [1.29, 1.82) is 0 Å². The van der Waals surface area contributed by atoms with Crippen molar-refractivity contribution in [1.82, 2.24) is 10.2 Å². The first-order valence-electron chi connectivity index (χ1n) is 8.62. The molecule has 0 bridgehead atoms. The molecule has 2 aliphatic rings. The molecule has 0 radical (unpaired) electrons. The van der Waals surface area contributed by atoms with Gasteiger partial charge in [-0.25, -0.2) is 8.78 Å². The summed E-state index contributed by atoms with van der Waals surface area (Å²) in [5.41, 5.74) is 0.230. The molecule has 2 N–H and O–H groups in total. The van der Waals surface area contributed by atoms with E-state index in [0.29, 0.717) is 25.9 Å². The van der Waals surface area contributed by atoms with Gasteiger partial charge in [0.1, 0.15) is 11.6 Å². The van der Waals surface area contributed by atoms with Gasteiger partial charge < -0.3 is 5.11 Å². The molecule has 0 saturated carbocycles. The Morgan fingerprint density at radius 3 is 2.35 bits per heavy atom. The van der Waals surface area contributed by atoms with E-state index in [9.17, 15) is 23.2 Å². The Morgan fingerprint density at radius 2 is 1.73 bits per heavy atom. The van der Waals surface area contributed by atoms with Crippen molar-refractivity contribution >= 4 is 17.8 Å². The number of benzene rings is 1. The van der Waals surface area contributed by atoms with Gasteiger partial charge in [0.25, 0.3) is 0 Å². The molecule has 1 aromatic carbocycles. The molecule has 2 amide bonds. The third-order valence-electron chi connectivity index (χ3n) is 5.12. The molecule has 0 spiro atoms. The molecular formula is C18H20F2N2O4. The minimum absolute atomic E-state index is 0.0282. The number of carboxylic acids is 1. The lowest BCUT2D eigenvalue weighted by Crippen LogP contribution is -2.39. The summed E-state index contributed by atoms with van der Waals surface area (Å²) in [6, 6.07) is 2.21. The van der Waals surface area contributed by atoms with Crippen LogP contribution in [0.2, 0.25) is 0 Å². The summed E-state index contributed by atoms with van der Waals surface area (Å²) in [6.07, 6.45) is 1.35. The molecule has 0 aromatic heterocycles. The van der Waals surface area contributed by atoms with Gasteiger partial charge in [-0.1, -0.05) is 0 Å². The second kappa shape index (κ2) is 7.49. The fourth-order valence-corrected chi connectivity index (χ4v) is 3.74. The summed E-state index contributed by atoms with van der Waals surface area (Å²) >= 11 is 0. The standard InChI is InChI=1S/C18H20F2N2O4/c19-14-8-13(11-1-2-16(23)21-18(11)26)15(20)7-12(14)10-3-5-22(6-4-10)9-17(24)25/h7-8,10-11H,1-6,9H2,(H,24,25)(H,21,23,26). The Bertz CT molecular complexity index is 745. The second-order valence-corrected chi connectivity index (χ2v) is 6.84. The maximum absolute atomic E-state index is 14.6. The number of nitrogens with zero attached hydrogens (tertiary/aromatic N) is 1. The van der Waals surface area contributed by atoms with Crippen LogP contribution in [0, 0.1) is 11.6 Å². The van der Waals surface area contributed by atoms with Gasteiger partial charge in [0.05, 0.1) is 12.5 Å². The number of halogens is 2. The number of rotatable bonds is 4. The molecule has 1 unspecified atom stereocenters. The Kier molecular flexibility index (Phi) is 5.31. The van der Waals surface area contributed by atoms with Crippen molar-refractivity contribution in [3.05, 3.63) is 34.9 Å². The third kappa shape index (κ3) is 3.90. The van der Waals surface area contributed by atoms with Crippen molar-refractivity contribution in [2.24, 2.45) is 0 Å². The number of likely N-dealkylation sites (tertiary alicyclic amines) is 1. The number of nitrogens with one attached hydrogen (secondary N) is 1. The van der Waals surface area contributed by atoms with Gasteiger partial charge in [-0.2, -0.15) is 0 Å². The first-order valence-corrected chi connectivity index (χ1v) is 8.62. The van der Waals surface area contributed by atoms with E-state index in [2.05, 4.69) is 5.32 Å². The first kappa shape index (κ1) is 18.4. The van der Waals surface area contributed by atoms with Crippen LogP contribution in [0.15, 0.2) is 12.1 Å². The summed E-state index contributed by atoms with van der Waals surface area (Å²) in [7, 11) is 0. The smallest absolute Gasteiger partial charge is 0.317 e. The number of imide groups is 1. The Balaban J connectivity index is 1.75. The molecular weight excluding hydrogens is 346 g/mol. The lowest BCUT2D eigenvalue weighted by Gasteiger charge is -2.31. The van der Waals surface area contributed by atoms with Crippen LogP contribution in [-0.2, 0) is 14.4 Å². The van der Waals surface area contributed by atoms with Crippen molar-refractivity contribution in [3.63, 3.8) is 0 Å². The van der Waals surface area contributed by atoms with E-state index in [1.165, 1.54) is 0 Å². The average molecular weight is 366 g/mol. The highest BCUT2D eigenvalue weighted by Crippen LogP contribution is 2.34. The number of hydrogen-bond donors (Lipinski definition) is 2. The van der Waals surface area contributed by atoms with Crippen LogP contribution < -0.4 is 5.32 Å². The van der Waals surface area contributed by atoms with Crippen LogP contribution in [0.4, 0.5) is 8.78 Å². The number of carbonyl (C=O) groups excluding carboxylic acids is 2. The average Bonchev–Trinajstić information content (AvgIpc) is 2.57. The minimum atomic E-state index is -0.908. The fraction of sp³-hybridized carbons (Fsp3) is 0.500. The SMILES string of the molecule is O=C(O)CN1CCC(c2cc(F)c(C3CCC(=O)NC3=O)cc2F)CC1. The summed E-state index contributed by atoms with van der Waals surface area (Å²) < 4.78 is 29.2. The van der Waals surface area contributed by atoms with Crippen LogP contribution >= 0.6 is 0 Å². The van der Waals surface area contributed by atoms with Gasteiger partial charge in [-0.15, -0.1) is 0 Å². The number of carbonyl (C=O) groups is 3. The summed E-state index contributed by atoms with van der Waals surface area (Å²) in [6.45, 7) is 0.956. The van der Waals surface area contributed by atoms with E-state index in [0.717, 1.165) is 12.1 Å². The topological polar surface area (TPSA) is 86.7 Å². The van der Waals surface area contributed by atoms with Crippen LogP contribution in [0.25, 0.3) is 0 Å². The van der Waals surface area contributed by atoms with Crippen molar-refractivity contribution in [2.75, 3.05) is 19.6 Å². The van der Waals surface area contributed by atoms with Gasteiger partial charge in [0, 0.05) is 12.0 Å². The predicted octanol–water partition coefficient (Wildman–Crippen LogP) is 1.75. The van der Waals surface area contributed by atoms with E-state index in [4.69, 9.17) is 5.11 Å². The van der Waals surface area contributed by atoms with Crippen molar-refractivity contribution in [2.45, 2.75) is 37.5 Å². The van der Waals surface area contributed by atoms with E-state index in [1.807, 2.05) is 0 Å². The lowest BCUT2D eigenvalue weighted by molar-refractivity contribution is -0.138. The van der Waals surface area contributed by atoms with E-state index in [-0.39, 0.29) is 36.4 Å². The molecule has 8 heteroatoms. The maximum atomic E-state index is 14.6. The highest BCUT2D eigenvalue weighted by molar-refractivity contribution is 6.00.